The summed E-state index contributed by atoms with van der Waals surface area (Å²) in [6, 6.07) is 4.26. The summed E-state index contributed by atoms with van der Waals surface area (Å²) in [5.74, 6) is 2.98. The first-order chi connectivity index (χ1) is 13.3. The van der Waals surface area contributed by atoms with E-state index in [9.17, 15) is 4.79 Å². The molecule has 0 radical (unpaired) electrons. The molecule has 8 heteroatoms. The Morgan fingerprint density at radius 1 is 1.15 bits per heavy atom. The number of nitrogens with zero attached hydrogens (tertiary/aromatic N) is 5. The highest BCUT2D eigenvalue weighted by atomic mass is 16.1. The van der Waals surface area contributed by atoms with E-state index in [2.05, 4.69) is 30.7 Å². The second-order valence-corrected chi connectivity index (χ2v) is 7.53. The third-order valence-corrected chi connectivity index (χ3v) is 5.56. The largest absolute Gasteiger partial charge is 0.367 e. The van der Waals surface area contributed by atoms with E-state index in [1.807, 2.05) is 12.1 Å². The Bertz CT molecular complexity index is 845. The van der Waals surface area contributed by atoms with Gasteiger partial charge in [-0.2, -0.15) is 5.10 Å². The van der Waals surface area contributed by atoms with Crippen molar-refractivity contribution >= 4 is 17.5 Å². The molecule has 140 valence electrons. The SMILES string of the molecule is O=C1NCCc2c(NC3CCN(c4cccnn4)CC3)nc(C3CC3)nc21. The molecule has 2 fully saturated rings. The molecule has 2 aromatic rings. The third kappa shape index (κ3) is 3.31. The summed E-state index contributed by atoms with van der Waals surface area (Å²) < 4.78 is 0. The van der Waals surface area contributed by atoms with Gasteiger partial charge in [0.1, 0.15) is 17.3 Å². The fraction of sp³-hybridized carbons (Fsp3) is 0.526. The zero-order chi connectivity index (χ0) is 18.2. The van der Waals surface area contributed by atoms with Crippen molar-refractivity contribution in [3.05, 3.63) is 35.4 Å². The number of aromatic nitrogens is 4. The van der Waals surface area contributed by atoms with Crippen LogP contribution in [0.5, 0.6) is 0 Å². The van der Waals surface area contributed by atoms with Crippen LogP contribution in [0.25, 0.3) is 0 Å². The van der Waals surface area contributed by atoms with E-state index in [-0.39, 0.29) is 5.91 Å². The van der Waals surface area contributed by atoms with Crippen molar-refractivity contribution in [3.8, 4) is 0 Å². The molecule has 5 rings (SSSR count). The number of hydrogen-bond acceptors (Lipinski definition) is 7. The third-order valence-electron chi connectivity index (χ3n) is 5.56. The van der Waals surface area contributed by atoms with Gasteiger partial charge in [-0.25, -0.2) is 9.97 Å². The van der Waals surface area contributed by atoms with Crippen LogP contribution in [-0.2, 0) is 6.42 Å². The van der Waals surface area contributed by atoms with Crippen molar-refractivity contribution in [2.24, 2.45) is 0 Å². The molecule has 1 amide bonds. The molecule has 27 heavy (non-hydrogen) atoms. The maximum Gasteiger partial charge on any atom is 0.270 e. The quantitative estimate of drug-likeness (QED) is 0.848. The van der Waals surface area contributed by atoms with Gasteiger partial charge in [0.25, 0.3) is 5.91 Å². The van der Waals surface area contributed by atoms with Crippen molar-refractivity contribution < 1.29 is 4.79 Å². The van der Waals surface area contributed by atoms with Gasteiger partial charge in [0.2, 0.25) is 0 Å². The molecule has 2 N–H and O–H groups in total. The van der Waals surface area contributed by atoms with Crippen LogP contribution in [0, 0.1) is 0 Å². The zero-order valence-electron chi connectivity index (χ0n) is 15.2. The van der Waals surface area contributed by atoms with Crippen LogP contribution in [0.4, 0.5) is 11.6 Å². The maximum atomic E-state index is 12.3. The fourth-order valence-corrected chi connectivity index (χ4v) is 3.86. The summed E-state index contributed by atoms with van der Waals surface area (Å²) in [7, 11) is 0. The lowest BCUT2D eigenvalue weighted by Gasteiger charge is -2.33. The number of carbonyl (C=O) groups is 1. The van der Waals surface area contributed by atoms with E-state index >= 15 is 0 Å². The second-order valence-electron chi connectivity index (χ2n) is 7.53. The highest BCUT2D eigenvalue weighted by molar-refractivity contribution is 5.96. The standard InChI is InChI=1S/C19H23N7O/c27-19-16-14(5-9-20-19)18(24-17(23-16)12-3-4-12)22-13-6-10-26(11-7-13)15-2-1-8-21-25-15/h1-2,8,12-13H,3-7,9-11H2,(H,20,27)(H,22,23,24). The molecule has 0 unspecified atom stereocenters. The van der Waals surface area contributed by atoms with Crippen LogP contribution in [0.3, 0.4) is 0 Å². The molecule has 2 aromatic heterocycles. The summed E-state index contributed by atoms with van der Waals surface area (Å²) in [6.45, 7) is 2.51. The van der Waals surface area contributed by atoms with E-state index in [4.69, 9.17) is 4.98 Å². The number of carbonyl (C=O) groups excluding carboxylic acids is 1. The normalized spacial score (nSPS) is 20.1. The highest BCUT2D eigenvalue weighted by Gasteiger charge is 2.32. The van der Waals surface area contributed by atoms with Gasteiger partial charge in [-0.15, -0.1) is 5.10 Å². The van der Waals surface area contributed by atoms with Crippen molar-refractivity contribution in [3.63, 3.8) is 0 Å². The lowest BCUT2D eigenvalue weighted by molar-refractivity contribution is 0.0940. The first-order valence-electron chi connectivity index (χ1n) is 9.76. The van der Waals surface area contributed by atoms with E-state index < -0.39 is 0 Å². The Hall–Kier alpha value is -2.77. The molecule has 4 heterocycles. The van der Waals surface area contributed by atoms with Gasteiger partial charge in [-0.1, -0.05) is 0 Å². The molecular formula is C19H23N7O. The maximum absolute atomic E-state index is 12.3. The second kappa shape index (κ2) is 6.75. The minimum atomic E-state index is -0.0685. The van der Waals surface area contributed by atoms with E-state index in [1.54, 1.807) is 6.20 Å². The molecule has 0 spiro atoms. The Morgan fingerprint density at radius 2 is 2.00 bits per heavy atom. The molecular weight excluding hydrogens is 342 g/mol. The van der Waals surface area contributed by atoms with Crippen LogP contribution < -0.4 is 15.5 Å². The Labute approximate surface area is 157 Å². The number of rotatable bonds is 4. The van der Waals surface area contributed by atoms with Gasteiger partial charge in [0.15, 0.2) is 5.82 Å². The number of fused-ring (bicyclic) bond motifs is 1. The summed E-state index contributed by atoms with van der Waals surface area (Å²) in [5.41, 5.74) is 1.54. The van der Waals surface area contributed by atoms with E-state index in [0.29, 0.717) is 24.2 Å². The van der Waals surface area contributed by atoms with Crippen molar-refractivity contribution in [2.45, 2.75) is 44.1 Å². The molecule has 0 bridgehead atoms. The summed E-state index contributed by atoms with van der Waals surface area (Å²) in [6.07, 6.45) is 6.73. The Balaban J connectivity index is 1.33. The minimum Gasteiger partial charge on any atom is -0.367 e. The van der Waals surface area contributed by atoms with Crippen molar-refractivity contribution in [1.82, 2.24) is 25.5 Å². The van der Waals surface area contributed by atoms with Gasteiger partial charge in [-0.05, 0) is 44.2 Å². The molecule has 0 atom stereocenters. The number of anilines is 2. The first kappa shape index (κ1) is 16.4. The van der Waals surface area contributed by atoms with Gasteiger partial charge in [0.05, 0.1) is 0 Å². The highest BCUT2D eigenvalue weighted by Crippen LogP contribution is 2.39. The number of piperidine rings is 1. The summed E-state index contributed by atoms with van der Waals surface area (Å²) >= 11 is 0. The molecule has 3 aliphatic rings. The average molecular weight is 365 g/mol. The van der Waals surface area contributed by atoms with Crippen LogP contribution in [-0.4, -0.2) is 51.7 Å². The number of nitrogens with one attached hydrogen (secondary N) is 2. The molecule has 8 nitrogen and oxygen atoms in total. The van der Waals surface area contributed by atoms with E-state index in [0.717, 1.165) is 68.2 Å². The topological polar surface area (TPSA) is 95.9 Å². The predicted molar refractivity (Wildman–Crippen MR) is 101 cm³/mol. The van der Waals surface area contributed by atoms with Crippen LogP contribution in [0.1, 0.15) is 53.5 Å². The van der Waals surface area contributed by atoms with Crippen LogP contribution >= 0.6 is 0 Å². The minimum absolute atomic E-state index is 0.0685. The molecule has 2 aliphatic heterocycles. The zero-order valence-corrected chi connectivity index (χ0v) is 15.2. The van der Waals surface area contributed by atoms with Crippen LogP contribution in [0.2, 0.25) is 0 Å². The Kier molecular flexibility index (Phi) is 4.10. The van der Waals surface area contributed by atoms with Crippen molar-refractivity contribution in [1.29, 1.82) is 0 Å². The first-order valence-corrected chi connectivity index (χ1v) is 9.76. The lowest BCUT2D eigenvalue weighted by atomic mass is 10.0. The summed E-state index contributed by atoms with van der Waals surface area (Å²) in [5, 5.41) is 14.7. The monoisotopic (exact) mass is 365 g/mol. The fourth-order valence-electron chi connectivity index (χ4n) is 3.86. The van der Waals surface area contributed by atoms with Crippen LogP contribution in [0.15, 0.2) is 18.3 Å². The molecule has 1 saturated carbocycles. The van der Waals surface area contributed by atoms with Gasteiger partial charge >= 0.3 is 0 Å². The molecule has 1 saturated heterocycles. The summed E-state index contributed by atoms with van der Waals surface area (Å²) in [4.78, 5) is 23.9. The lowest BCUT2D eigenvalue weighted by Crippen LogP contribution is -2.40. The van der Waals surface area contributed by atoms with Gasteiger partial charge < -0.3 is 15.5 Å². The van der Waals surface area contributed by atoms with Gasteiger partial charge in [-0.3, -0.25) is 4.79 Å². The Morgan fingerprint density at radius 3 is 2.74 bits per heavy atom. The average Bonchev–Trinajstić information content (AvgIpc) is 3.55. The van der Waals surface area contributed by atoms with E-state index in [1.165, 1.54) is 0 Å². The molecule has 1 aliphatic carbocycles. The molecule has 0 aromatic carbocycles. The van der Waals surface area contributed by atoms with Crippen molar-refractivity contribution in [2.75, 3.05) is 29.9 Å². The number of amides is 1. The number of hydrogen-bond donors (Lipinski definition) is 2. The van der Waals surface area contributed by atoms with Gasteiger partial charge in [0, 0.05) is 43.4 Å². The predicted octanol–water partition coefficient (Wildman–Crippen LogP) is 1.51. The smallest absolute Gasteiger partial charge is 0.270 e.